The summed E-state index contributed by atoms with van der Waals surface area (Å²) < 4.78 is 9.33. The summed E-state index contributed by atoms with van der Waals surface area (Å²) >= 11 is 0. The second-order valence-corrected chi connectivity index (χ2v) is 7.10. The molecule has 0 amide bonds. The Morgan fingerprint density at radius 2 is 1.97 bits per heavy atom. The number of carbonyl (C=O) groups excluding carboxylic acids is 1. The van der Waals surface area contributed by atoms with E-state index in [1.165, 1.54) is 6.33 Å². The zero-order valence-corrected chi connectivity index (χ0v) is 15.7. The van der Waals surface area contributed by atoms with Crippen molar-refractivity contribution in [1.29, 1.82) is 0 Å². The van der Waals surface area contributed by atoms with Crippen molar-refractivity contribution < 1.29 is 9.53 Å². The first kappa shape index (κ1) is 17.6. The van der Waals surface area contributed by atoms with E-state index in [2.05, 4.69) is 19.9 Å². The molecule has 1 aromatic carbocycles. The fourth-order valence-corrected chi connectivity index (χ4v) is 3.99. The second kappa shape index (κ2) is 7.14. The van der Waals surface area contributed by atoms with Gasteiger partial charge in [-0.2, -0.15) is 10.2 Å². The number of fused-ring (bicyclic) bond motifs is 1. The number of nitrogen functional groups attached to an aromatic ring is 1. The quantitative estimate of drug-likeness (QED) is 0.540. The number of ether oxygens (including phenoxy) is 1. The molecule has 0 radical (unpaired) electrons. The summed E-state index contributed by atoms with van der Waals surface area (Å²) in [6, 6.07) is 11.7. The van der Waals surface area contributed by atoms with Crippen molar-refractivity contribution in [1.82, 2.24) is 24.4 Å². The van der Waals surface area contributed by atoms with Crippen molar-refractivity contribution in [3.8, 4) is 22.5 Å². The first-order valence-electron chi connectivity index (χ1n) is 9.55. The van der Waals surface area contributed by atoms with Crippen LogP contribution >= 0.6 is 0 Å². The third-order valence-corrected chi connectivity index (χ3v) is 5.38. The SMILES string of the molecule is Nc1ncnn2c(-c3cccc(C=O)c3)cc(-c3ccnn3C3CCOCC3)c12. The number of aldehydes is 1. The zero-order valence-electron chi connectivity index (χ0n) is 15.7. The summed E-state index contributed by atoms with van der Waals surface area (Å²) in [5.41, 5.74) is 11.2. The Labute approximate surface area is 166 Å². The molecule has 0 bridgehead atoms. The molecule has 1 aliphatic heterocycles. The number of nitrogens with two attached hydrogens (primary N) is 1. The van der Waals surface area contributed by atoms with Crippen LogP contribution in [0.25, 0.3) is 28.0 Å². The lowest BCUT2D eigenvalue weighted by Gasteiger charge is -2.24. The van der Waals surface area contributed by atoms with E-state index in [-0.39, 0.29) is 6.04 Å². The van der Waals surface area contributed by atoms with Crippen LogP contribution < -0.4 is 5.73 Å². The van der Waals surface area contributed by atoms with Crippen molar-refractivity contribution in [2.45, 2.75) is 18.9 Å². The van der Waals surface area contributed by atoms with Crippen LogP contribution in [-0.4, -0.2) is 43.9 Å². The van der Waals surface area contributed by atoms with Crippen molar-refractivity contribution in [3.05, 3.63) is 54.5 Å². The zero-order chi connectivity index (χ0) is 19.8. The number of rotatable bonds is 4. The van der Waals surface area contributed by atoms with Gasteiger partial charge in [-0.3, -0.25) is 9.48 Å². The monoisotopic (exact) mass is 388 g/mol. The fourth-order valence-electron chi connectivity index (χ4n) is 3.99. The van der Waals surface area contributed by atoms with E-state index in [1.54, 1.807) is 16.8 Å². The molecule has 1 saturated heterocycles. The smallest absolute Gasteiger partial charge is 0.152 e. The van der Waals surface area contributed by atoms with E-state index < -0.39 is 0 Å². The van der Waals surface area contributed by atoms with E-state index in [9.17, 15) is 4.79 Å². The molecule has 4 heterocycles. The summed E-state index contributed by atoms with van der Waals surface area (Å²) in [6.07, 6.45) is 5.92. The maximum atomic E-state index is 11.2. The molecule has 8 heteroatoms. The summed E-state index contributed by atoms with van der Waals surface area (Å²) in [5, 5.41) is 9.02. The first-order chi connectivity index (χ1) is 14.3. The van der Waals surface area contributed by atoms with Crippen LogP contribution in [0.3, 0.4) is 0 Å². The van der Waals surface area contributed by atoms with Gasteiger partial charge in [0.05, 0.1) is 17.4 Å². The Morgan fingerprint density at radius 3 is 2.79 bits per heavy atom. The molecule has 1 fully saturated rings. The first-order valence-corrected chi connectivity index (χ1v) is 9.55. The van der Waals surface area contributed by atoms with Gasteiger partial charge >= 0.3 is 0 Å². The molecule has 0 spiro atoms. The highest BCUT2D eigenvalue weighted by molar-refractivity contribution is 5.91. The van der Waals surface area contributed by atoms with Gasteiger partial charge in [-0.05, 0) is 31.0 Å². The largest absolute Gasteiger partial charge is 0.382 e. The van der Waals surface area contributed by atoms with Crippen molar-refractivity contribution in [2.24, 2.45) is 0 Å². The minimum Gasteiger partial charge on any atom is -0.382 e. The summed E-state index contributed by atoms with van der Waals surface area (Å²) in [7, 11) is 0. The van der Waals surface area contributed by atoms with Gasteiger partial charge in [-0.15, -0.1) is 0 Å². The molecule has 5 rings (SSSR count). The molecule has 4 aromatic rings. The third kappa shape index (κ3) is 2.98. The van der Waals surface area contributed by atoms with E-state index in [4.69, 9.17) is 10.5 Å². The van der Waals surface area contributed by atoms with Crippen LogP contribution in [0.2, 0.25) is 0 Å². The summed E-state index contributed by atoms with van der Waals surface area (Å²) in [4.78, 5) is 15.4. The molecule has 2 N–H and O–H groups in total. The van der Waals surface area contributed by atoms with E-state index >= 15 is 0 Å². The molecular weight excluding hydrogens is 368 g/mol. The van der Waals surface area contributed by atoms with Crippen LogP contribution in [0.15, 0.2) is 48.9 Å². The average molecular weight is 388 g/mol. The predicted octanol–water partition coefficient (Wildman–Crippen LogP) is 3.01. The highest BCUT2D eigenvalue weighted by Crippen LogP contribution is 2.36. The standard InChI is InChI=1S/C21H20N6O2/c22-21-20-17(18-4-7-24-26(18)16-5-8-29-9-6-16)11-19(27(20)25-13-23-21)15-3-1-2-14(10-15)12-28/h1-4,7,10-13,16H,5-6,8-9H2,(H2,22,23,25). The Hall–Kier alpha value is -3.52. The van der Waals surface area contributed by atoms with Crippen LogP contribution in [0.1, 0.15) is 29.2 Å². The molecule has 8 nitrogen and oxygen atoms in total. The Morgan fingerprint density at radius 1 is 1.10 bits per heavy atom. The molecule has 0 unspecified atom stereocenters. The van der Waals surface area contributed by atoms with Gasteiger partial charge in [0.1, 0.15) is 18.1 Å². The van der Waals surface area contributed by atoms with Gasteiger partial charge in [0.2, 0.25) is 0 Å². The van der Waals surface area contributed by atoms with Crippen molar-refractivity contribution in [2.75, 3.05) is 18.9 Å². The van der Waals surface area contributed by atoms with Crippen LogP contribution in [0, 0.1) is 0 Å². The highest BCUT2D eigenvalue weighted by atomic mass is 16.5. The Kier molecular flexibility index (Phi) is 4.33. The van der Waals surface area contributed by atoms with Gasteiger partial charge in [0, 0.05) is 36.1 Å². The maximum Gasteiger partial charge on any atom is 0.152 e. The Balaban J connectivity index is 1.72. The summed E-state index contributed by atoms with van der Waals surface area (Å²) in [6.45, 7) is 1.46. The number of nitrogens with zero attached hydrogens (tertiary/aromatic N) is 5. The minimum atomic E-state index is 0.274. The van der Waals surface area contributed by atoms with Gasteiger partial charge in [-0.25, -0.2) is 9.50 Å². The van der Waals surface area contributed by atoms with E-state index in [1.807, 2.05) is 30.3 Å². The normalized spacial score (nSPS) is 15.0. The Bertz CT molecular complexity index is 1190. The number of hydrogen-bond acceptors (Lipinski definition) is 6. The lowest BCUT2D eigenvalue weighted by atomic mass is 10.1. The maximum absolute atomic E-state index is 11.2. The molecular formula is C21H20N6O2. The van der Waals surface area contributed by atoms with E-state index in [0.29, 0.717) is 11.4 Å². The van der Waals surface area contributed by atoms with Gasteiger partial charge in [-0.1, -0.05) is 18.2 Å². The fraction of sp³-hybridized carbons (Fsp3) is 0.238. The van der Waals surface area contributed by atoms with Gasteiger partial charge in [0.15, 0.2) is 5.82 Å². The highest BCUT2D eigenvalue weighted by Gasteiger charge is 2.23. The van der Waals surface area contributed by atoms with Crippen molar-refractivity contribution in [3.63, 3.8) is 0 Å². The number of carbonyl (C=O) groups is 1. The topological polar surface area (TPSA) is 100 Å². The van der Waals surface area contributed by atoms with Crippen LogP contribution in [-0.2, 0) is 4.74 Å². The average Bonchev–Trinajstić information content (AvgIpc) is 3.40. The van der Waals surface area contributed by atoms with Crippen LogP contribution in [0.4, 0.5) is 5.82 Å². The second-order valence-electron chi connectivity index (χ2n) is 7.10. The predicted molar refractivity (Wildman–Crippen MR) is 109 cm³/mol. The molecule has 29 heavy (non-hydrogen) atoms. The lowest BCUT2D eigenvalue weighted by Crippen LogP contribution is -2.21. The molecule has 1 aliphatic rings. The van der Waals surface area contributed by atoms with Gasteiger partial charge < -0.3 is 10.5 Å². The number of aromatic nitrogens is 5. The van der Waals surface area contributed by atoms with Gasteiger partial charge in [0.25, 0.3) is 0 Å². The molecule has 0 aliphatic carbocycles. The molecule has 0 atom stereocenters. The number of benzene rings is 1. The van der Waals surface area contributed by atoms with Crippen LogP contribution in [0.5, 0.6) is 0 Å². The molecule has 146 valence electrons. The minimum absolute atomic E-state index is 0.274. The summed E-state index contributed by atoms with van der Waals surface area (Å²) in [5.74, 6) is 0.396. The lowest BCUT2D eigenvalue weighted by molar-refractivity contribution is 0.0667. The van der Waals surface area contributed by atoms with E-state index in [0.717, 1.165) is 60.4 Å². The molecule has 3 aromatic heterocycles. The number of anilines is 1. The van der Waals surface area contributed by atoms with Crippen molar-refractivity contribution >= 4 is 17.6 Å². The third-order valence-electron chi connectivity index (χ3n) is 5.38. The molecule has 0 saturated carbocycles. The number of hydrogen-bond donors (Lipinski definition) is 1.